The summed E-state index contributed by atoms with van der Waals surface area (Å²) in [6, 6.07) is 16.0. The number of aromatic nitrogens is 3. The highest BCUT2D eigenvalue weighted by atomic mass is 16.5. The summed E-state index contributed by atoms with van der Waals surface area (Å²) < 4.78 is 12.6. The summed E-state index contributed by atoms with van der Waals surface area (Å²) in [6.45, 7) is 4.51. The Morgan fingerprint density at radius 2 is 2.06 bits per heavy atom. The van der Waals surface area contributed by atoms with Gasteiger partial charge in [-0.2, -0.15) is 0 Å². The molecular weight excluding hydrogens is 454 g/mol. The normalized spacial score (nSPS) is 16.6. The van der Waals surface area contributed by atoms with Gasteiger partial charge in [-0.05, 0) is 36.8 Å². The molecule has 1 fully saturated rings. The molecule has 2 aromatic heterocycles. The molecule has 1 atom stereocenters. The zero-order valence-corrected chi connectivity index (χ0v) is 20.0. The van der Waals surface area contributed by atoms with E-state index in [9.17, 15) is 4.79 Å². The number of H-pyrrole nitrogens is 1. The SMILES string of the molecule is Cc1cnc(CNc2ccc3c(c2)Cc2cccc(C4CN(c5cc[nH]c(=O)c5)CCO4)c2O3)cn1. The van der Waals surface area contributed by atoms with E-state index in [0.29, 0.717) is 19.7 Å². The van der Waals surface area contributed by atoms with Crippen LogP contribution in [0.2, 0.25) is 0 Å². The van der Waals surface area contributed by atoms with Crippen molar-refractivity contribution in [1.29, 1.82) is 0 Å². The quantitative estimate of drug-likeness (QED) is 0.385. The highest BCUT2D eigenvalue weighted by Gasteiger charge is 2.28. The molecule has 4 heterocycles. The van der Waals surface area contributed by atoms with Gasteiger partial charge in [-0.15, -0.1) is 0 Å². The number of morpholine rings is 1. The van der Waals surface area contributed by atoms with Crippen LogP contribution in [0.25, 0.3) is 0 Å². The van der Waals surface area contributed by atoms with E-state index in [1.807, 2.05) is 25.1 Å². The maximum Gasteiger partial charge on any atom is 0.249 e. The summed E-state index contributed by atoms with van der Waals surface area (Å²) in [4.78, 5) is 25.4. The minimum atomic E-state index is -0.147. The number of para-hydroxylation sites is 1. The van der Waals surface area contributed by atoms with Gasteiger partial charge in [-0.1, -0.05) is 18.2 Å². The third-order valence-electron chi connectivity index (χ3n) is 6.63. The molecule has 1 unspecified atom stereocenters. The van der Waals surface area contributed by atoms with E-state index in [-0.39, 0.29) is 11.7 Å². The van der Waals surface area contributed by atoms with Crippen LogP contribution in [0.1, 0.15) is 34.2 Å². The Balaban J connectivity index is 1.20. The highest BCUT2D eigenvalue weighted by molar-refractivity contribution is 5.59. The lowest BCUT2D eigenvalue weighted by Crippen LogP contribution is -2.39. The molecule has 0 spiro atoms. The minimum Gasteiger partial charge on any atom is -0.456 e. The standard InChI is InChI=1S/C28H27N5O3/c1-18-14-31-22(15-30-18)16-32-21-5-6-25-20(12-21)11-19-3-2-4-24(28(19)36-25)26-17-33(9-10-35-26)23-7-8-29-27(34)13-23/h2-8,12-15,26,32H,9-11,16-17H2,1H3,(H,29,34). The van der Waals surface area contributed by atoms with E-state index in [1.54, 1.807) is 24.7 Å². The van der Waals surface area contributed by atoms with E-state index in [0.717, 1.165) is 63.9 Å². The Bertz CT molecular complexity index is 1450. The van der Waals surface area contributed by atoms with E-state index >= 15 is 0 Å². The number of hydrogen-bond acceptors (Lipinski definition) is 7. The predicted molar refractivity (Wildman–Crippen MR) is 138 cm³/mol. The van der Waals surface area contributed by atoms with Crippen molar-refractivity contribution in [2.75, 3.05) is 29.9 Å². The smallest absolute Gasteiger partial charge is 0.249 e. The van der Waals surface area contributed by atoms with Crippen LogP contribution in [0.15, 0.2) is 71.9 Å². The molecule has 8 heteroatoms. The van der Waals surface area contributed by atoms with Crippen molar-refractivity contribution >= 4 is 11.4 Å². The minimum absolute atomic E-state index is 0.103. The first-order valence-corrected chi connectivity index (χ1v) is 12.1. The Kier molecular flexibility index (Phi) is 5.87. The second kappa shape index (κ2) is 9.47. The first-order valence-electron chi connectivity index (χ1n) is 12.1. The Morgan fingerprint density at radius 1 is 1.11 bits per heavy atom. The zero-order chi connectivity index (χ0) is 24.5. The largest absolute Gasteiger partial charge is 0.456 e. The van der Waals surface area contributed by atoms with Crippen molar-refractivity contribution in [1.82, 2.24) is 15.0 Å². The molecule has 2 aromatic carbocycles. The van der Waals surface area contributed by atoms with Crippen LogP contribution in [-0.2, 0) is 17.7 Å². The van der Waals surface area contributed by atoms with Gasteiger partial charge < -0.3 is 24.7 Å². The highest BCUT2D eigenvalue weighted by Crippen LogP contribution is 2.43. The molecule has 6 rings (SSSR count). The third-order valence-corrected chi connectivity index (χ3v) is 6.63. The van der Waals surface area contributed by atoms with E-state index < -0.39 is 0 Å². The van der Waals surface area contributed by atoms with Crippen LogP contribution in [-0.4, -0.2) is 34.6 Å². The summed E-state index contributed by atoms with van der Waals surface area (Å²) in [5.41, 5.74) is 6.92. The Hall–Kier alpha value is -4.17. The lowest BCUT2D eigenvalue weighted by atomic mass is 9.95. The fourth-order valence-electron chi connectivity index (χ4n) is 4.77. The number of ether oxygens (including phenoxy) is 2. The van der Waals surface area contributed by atoms with E-state index in [4.69, 9.17) is 9.47 Å². The number of aromatic amines is 1. The maximum absolute atomic E-state index is 11.8. The van der Waals surface area contributed by atoms with Crippen LogP contribution in [0, 0.1) is 6.92 Å². The zero-order valence-electron chi connectivity index (χ0n) is 20.0. The molecule has 0 amide bonds. The van der Waals surface area contributed by atoms with Crippen molar-refractivity contribution in [3.8, 4) is 11.5 Å². The topological polar surface area (TPSA) is 92.4 Å². The summed E-state index contributed by atoms with van der Waals surface area (Å²) in [5.74, 6) is 1.73. The van der Waals surface area contributed by atoms with Gasteiger partial charge in [0.25, 0.3) is 0 Å². The molecule has 0 saturated carbocycles. The summed E-state index contributed by atoms with van der Waals surface area (Å²) in [6.07, 6.45) is 5.89. The molecule has 2 N–H and O–H groups in total. The van der Waals surface area contributed by atoms with Crippen molar-refractivity contribution < 1.29 is 9.47 Å². The molecule has 2 aliphatic heterocycles. The van der Waals surface area contributed by atoms with Crippen molar-refractivity contribution in [2.24, 2.45) is 0 Å². The first-order chi connectivity index (χ1) is 17.6. The molecule has 8 nitrogen and oxygen atoms in total. The number of anilines is 2. The molecule has 4 aromatic rings. The predicted octanol–water partition coefficient (Wildman–Crippen LogP) is 4.36. The lowest BCUT2D eigenvalue weighted by molar-refractivity contribution is 0.0384. The number of benzene rings is 2. The number of nitrogens with one attached hydrogen (secondary N) is 2. The van der Waals surface area contributed by atoms with Gasteiger partial charge in [0.15, 0.2) is 0 Å². The number of hydrogen-bond donors (Lipinski definition) is 2. The van der Waals surface area contributed by atoms with Gasteiger partial charge in [0.05, 0.1) is 30.7 Å². The van der Waals surface area contributed by atoms with E-state index in [2.05, 4.69) is 49.4 Å². The van der Waals surface area contributed by atoms with Crippen molar-refractivity contribution in [2.45, 2.75) is 26.0 Å². The Labute approximate surface area is 209 Å². The first kappa shape index (κ1) is 22.3. The van der Waals surface area contributed by atoms with E-state index in [1.165, 1.54) is 0 Å². The van der Waals surface area contributed by atoms with Crippen LogP contribution >= 0.6 is 0 Å². The molecule has 0 radical (unpaired) electrons. The molecule has 182 valence electrons. The number of nitrogens with zero attached hydrogens (tertiary/aromatic N) is 3. The molecular formula is C28H27N5O3. The second-order valence-electron chi connectivity index (χ2n) is 9.16. The molecule has 0 bridgehead atoms. The molecule has 36 heavy (non-hydrogen) atoms. The summed E-state index contributed by atoms with van der Waals surface area (Å²) in [7, 11) is 0. The van der Waals surface area contributed by atoms with Crippen LogP contribution in [0.5, 0.6) is 11.5 Å². The van der Waals surface area contributed by atoms with Gasteiger partial charge in [0.1, 0.15) is 17.6 Å². The summed E-state index contributed by atoms with van der Waals surface area (Å²) in [5, 5.41) is 3.43. The van der Waals surface area contributed by atoms with Crippen LogP contribution in [0.3, 0.4) is 0 Å². The van der Waals surface area contributed by atoms with Gasteiger partial charge >= 0.3 is 0 Å². The molecule has 1 saturated heterocycles. The second-order valence-corrected chi connectivity index (χ2v) is 9.16. The average Bonchev–Trinajstić information content (AvgIpc) is 2.91. The van der Waals surface area contributed by atoms with Gasteiger partial charge in [0.2, 0.25) is 5.56 Å². The number of fused-ring (bicyclic) bond motifs is 2. The fraction of sp³-hybridized carbons (Fsp3) is 0.250. The number of rotatable bonds is 5. The molecule has 0 aliphatic carbocycles. The fourth-order valence-corrected chi connectivity index (χ4v) is 4.77. The maximum atomic E-state index is 11.8. The number of pyridine rings is 1. The van der Waals surface area contributed by atoms with Gasteiger partial charge in [-0.3, -0.25) is 14.8 Å². The molecule has 2 aliphatic rings. The number of aryl methyl sites for hydroxylation is 1. The Morgan fingerprint density at radius 3 is 2.92 bits per heavy atom. The van der Waals surface area contributed by atoms with Gasteiger partial charge in [-0.25, -0.2) is 0 Å². The van der Waals surface area contributed by atoms with Crippen molar-refractivity contribution in [3.63, 3.8) is 0 Å². The monoisotopic (exact) mass is 481 g/mol. The van der Waals surface area contributed by atoms with Crippen LogP contribution < -0.4 is 20.5 Å². The third kappa shape index (κ3) is 4.55. The average molecular weight is 482 g/mol. The van der Waals surface area contributed by atoms with Crippen molar-refractivity contribution in [3.05, 3.63) is 106 Å². The summed E-state index contributed by atoms with van der Waals surface area (Å²) >= 11 is 0. The van der Waals surface area contributed by atoms with Gasteiger partial charge in [0, 0.05) is 60.5 Å². The lowest BCUT2D eigenvalue weighted by Gasteiger charge is -2.36. The van der Waals surface area contributed by atoms with Crippen LogP contribution in [0.4, 0.5) is 11.4 Å².